The lowest BCUT2D eigenvalue weighted by molar-refractivity contribution is -0.117. The molecule has 0 unspecified atom stereocenters. The van der Waals surface area contributed by atoms with Crippen molar-refractivity contribution in [2.75, 3.05) is 5.32 Å². The summed E-state index contributed by atoms with van der Waals surface area (Å²) < 4.78 is 0. The van der Waals surface area contributed by atoms with Gasteiger partial charge in [-0.15, -0.1) is 12.4 Å². The molecule has 0 spiro atoms. The Morgan fingerprint density at radius 3 is 2.77 bits per heavy atom. The number of hydrogen-bond acceptors (Lipinski definition) is 3. The Balaban J connectivity index is 0.00000176. The van der Waals surface area contributed by atoms with E-state index in [1.165, 1.54) is 0 Å². The van der Waals surface area contributed by atoms with Crippen molar-refractivity contribution >= 4 is 34.9 Å². The van der Waals surface area contributed by atoms with Crippen LogP contribution in [0, 0.1) is 0 Å². The highest BCUT2D eigenvalue weighted by atomic mass is 35.5. The summed E-state index contributed by atoms with van der Waals surface area (Å²) in [6.45, 7) is 0. The van der Waals surface area contributed by atoms with Gasteiger partial charge >= 0.3 is 0 Å². The number of amides is 1. The quantitative estimate of drug-likeness (QED) is 0.691. The van der Waals surface area contributed by atoms with Crippen LogP contribution >= 0.6 is 12.4 Å². The second-order valence-electron chi connectivity index (χ2n) is 4.96. The van der Waals surface area contributed by atoms with E-state index in [0.717, 1.165) is 22.2 Å². The Morgan fingerprint density at radius 2 is 2.00 bits per heavy atom. The number of anilines is 1. The molecule has 3 aromatic rings. The molecule has 0 radical (unpaired) electrons. The molecule has 1 heterocycles. The number of carbonyl (C=O) groups is 1. The van der Waals surface area contributed by atoms with Gasteiger partial charge in [0.2, 0.25) is 5.91 Å². The van der Waals surface area contributed by atoms with Gasteiger partial charge in [-0.2, -0.15) is 5.10 Å². The van der Waals surface area contributed by atoms with Crippen LogP contribution in [-0.4, -0.2) is 22.1 Å². The van der Waals surface area contributed by atoms with Crippen LogP contribution in [0.15, 0.2) is 54.7 Å². The first-order chi connectivity index (χ1) is 10.2. The molecule has 0 fully saturated rings. The number of hydrogen-bond donors (Lipinski definition) is 3. The summed E-state index contributed by atoms with van der Waals surface area (Å²) in [6, 6.07) is 14.7. The molecule has 1 atom stereocenters. The molecule has 114 valence electrons. The van der Waals surface area contributed by atoms with Crippen molar-refractivity contribution in [2.24, 2.45) is 5.73 Å². The fourth-order valence-corrected chi connectivity index (χ4v) is 2.22. The largest absolute Gasteiger partial charge is 0.325 e. The van der Waals surface area contributed by atoms with Crippen LogP contribution in [0.3, 0.4) is 0 Å². The third-order valence-electron chi connectivity index (χ3n) is 3.34. The minimum Gasteiger partial charge on any atom is -0.325 e. The van der Waals surface area contributed by atoms with Crippen molar-refractivity contribution in [3.05, 3.63) is 60.3 Å². The highest BCUT2D eigenvalue weighted by molar-refractivity contribution is 5.96. The third kappa shape index (κ3) is 3.63. The molecule has 3 rings (SSSR count). The molecule has 4 N–H and O–H groups in total. The number of H-pyrrole nitrogens is 1. The molecule has 1 aromatic heterocycles. The van der Waals surface area contributed by atoms with E-state index in [1.54, 1.807) is 6.20 Å². The molecule has 6 heteroatoms. The van der Waals surface area contributed by atoms with E-state index in [9.17, 15) is 4.79 Å². The normalized spacial score (nSPS) is 11.7. The van der Waals surface area contributed by atoms with E-state index in [-0.39, 0.29) is 18.3 Å². The van der Waals surface area contributed by atoms with Crippen LogP contribution < -0.4 is 11.1 Å². The minimum atomic E-state index is -0.576. The highest BCUT2D eigenvalue weighted by Gasteiger charge is 2.14. The van der Waals surface area contributed by atoms with Crippen LogP contribution in [0.4, 0.5) is 5.69 Å². The van der Waals surface area contributed by atoms with Gasteiger partial charge in [-0.3, -0.25) is 9.89 Å². The smallest absolute Gasteiger partial charge is 0.241 e. The molecule has 1 amide bonds. The van der Waals surface area contributed by atoms with Crippen molar-refractivity contribution in [2.45, 2.75) is 12.5 Å². The van der Waals surface area contributed by atoms with Gasteiger partial charge in [-0.25, -0.2) is 0 Å². The van der Waals surface area contributed by atoms with Gasteiger partial charge in [0.1, 0.15) is 0 Å². The van der Waals surface area contributed by atoms with Crippen LogP contribution in [-0.2, 0) is 11.2 Å². The molecule has 5 nitrogen and oxygen atoms in total. The number of nitrogens with two attached hydrogens (primary N) is 1. The molecular weight excluding hydrogens is 300 g/mol. The monoisotopic (exact) mass is 316 g/mol. The summed E-state index contributed by atoms with van der Waals surface area (Å²) in [4.78, 5) is 12.1. The number of halogens is 1. The number of aromatic amines is 1. The molecule has 0 aliphatic rings. The fourth-order valence-electron chi connectivity index (χ4n) is 2.22. The number of fused-ring (bicyclic) bond motifs is 1. The minimum absolute atomic E-state index is 0. The van der Waals surface area contributed by atoms with Gasteiger partial charge in [-0.05, 0) is 30.2 Å². The maximum Gasteiger partial charge on any atom is 0.241 e. The van der Waals surface area contributed by atoms with Crippen molar-refractivity contribution < 1.29 is 4.79 Å². The van der Waals surface area contributed by atoms with Gasteiger partial charge < -0.3 is 11.1 Å². The first-order valence-electron chi connectivity index (χ1n) is 6.76. The summed E-state index contributed by atoms with van der Waals surface area (Å²) in [5.74, 6) is -0.193. The average molecular weight is 317 g/mol. The summed E-state index contributed by atoms with van der Waals surface area (Å²) in [7, 11) is 0. The number of aromatic nitrogens is 2. The second-order valence-corrected chi connectivity index (χ2v) is 4.96. The van der Waals surface area contributed by atoms with Crippen molar-refractivity contribution in [1.82, 2.24) is 10.2 Å². The molecule has 0 aliphatic heterocycles. The van der Waals surface area contributed by atoms with Crippen LogP contribution in [0.25, 0.3) is 10.9 Å². The molecule has 0 saturated carbocycles. The Hall–Kier alpha value is -2.37. The number of rotatable bonds is 4. The van der Waals surface area contributed by atoms with Gasteiger partial charge in [0.25, 0.3) is 0 Å². The van der Waals surface area contributed by atoms with Gasteiger partial charge in [0, 0.05) is 11.1 Å². The van der Waals surface area contributed by atoms with E-state index in [2.05, 4.69) is 15.5 Å². The molecular formula is C16H17ClN4O. The van der Waals surface area contributed by atoms with Crippen molar-refractivity contribution in [3.8, 4) is 0 Å². The van der Waals surface area contributed by atoms with Crippen molar-refractivity contribution in [3.63, 3.8) is 0 Å². The SMILES string of the molecule is Cl.N[C@@H](Cc1ccccc1)C(=O)Nc1ccc2[nH]ncc2c1. The van der Waals surface area contributed by atoms with E-state index >= 15 is 0 Å². The lowest BCUT2D eigenvalue weighted by Gasteiger charge is -2.12. The zero-order valence-electron chi connectivity index (χ0n) is 11.8. The number of nitrogens with zero attached hydrogens (tertiary/aromatic N) is 1. The maximum atomic E-state index is 12.1. The van der Waals surface area contributed by atoms with E-state index in [1.807, 2.05) is 48.5 Å². The highest BCUT2D eigenvalue weighted by Crippen LogP contribution is 2.17. The third-order valence-corrected chi connectivity index (χ3v) is 3.34. The average Bonchev–Trinajstić information content (AvgIpc) is 2.95. The van der Waals surface area contributed by atoms with E-state index in [4.69, 9.17) is 5.73 Å². The molecule has 0 saturated heterocycles. The van der Waals surface area contributed by atoms with Gasteiger partial charge in [-0.1, -0.05) is 30.3 Å². The number of nitrogens with one attached hydrogen (secondary N) is 2. The number of carbonyl (C=O) groups excluding carboxylic acids is 1. The van der Waals surface area contributed by atoms with Gasteiger partial charge in [0.05, 0.1) is 17.8 Å². The first kappa shape index (κ1) is 16.0. The molecule has 0 aliphatic carbocycles. The lowest BCUT2D eigenvalue weighted by Crippen LogP contribution is -2.37. The van der Waals surface area contributed by atoms with Crippen LogP contribution in [0.1, 0.15) is 5.56 Å². The predicted octanol–water partition coefficient (Wildman–Crippen LogP) is 2.49. The summed E-state index contributed by atoms with van der Waals surface area (Å²) in [6.07, 6.45) is 2.23. The van der Waals surface area contributed by atoms with E-state index in [0.29, 0.717) is 6.42 Å². The Kier molecular flexibility index (Phi) is 5.14. The standard InChI is InChI=1S/C16H16N4O.ClH/c17-14(8-11-4-2-1-3-5-11)16(21)19-13-6-7-15-12(9-13)10-18-20-15;/h1-7,9-10,14H,8,17H2,(H,18,20)(H,19,21);1H/t14-;/m0./s1. The lowest BCUT2D eigenvalue weighted by atomic mass is 10.1. The zero-order valence-corrected chi connectivity index (χ0v) is 12.6. The van der Waals surface area contributed by atoms with Crippen molar-refractivity contribution in [1.29, 1.82) is 0 Å². The van der Waals surface area contributed by atoms with Crippen LogP contribution in [0.5, 0.6) is 0 Å². The first-order valence-corrected chi connectivity index (χ1v) is 6.76. The predicted molar refractivity (Wildman–Crippen MR) is 90.1 cm³/mol. The van der Waals surface area contributed by atoms with Gasteiger partial charge in [0.15, 0.2) is 0 Å². The van der Waals surface area contributed by atoms with E-state index < -0.39 is 6.04 Å². The summed E-state index contributed by atoms with van der Waals surface area (Å²) in [5, 5.41) is 10.6. The Morgan fingerprint density at radius 1 is 1.23 bits per heavy atom. The molecule has 22 heavy (non-hydrogen) atoms. The Bertz CT molecular complexity index is 757. The zero-order chi connectivity index (χ0) is 14.7. The molecule has 0 bridgehead atoms. The summed E-state index contributed by atoms with van der Waals surface area (Å²) in [5.41, 5.74) is 8.66. The molecule has 2 aromatic carbocycles. The second kappa shape index (κ2) is 7.06. The van der Waals surface area contributed by atoms with Crippen LogP contribution in [0.2, 0.25) is 0 Å². The Labute approximate surface area is 134 Å². The topological polar surface area (TPSA) is 83.8 Å². The number of benzene rings is 2. The summed E-state index contributed by atoms with van der Waals surface area (Å²) >= 11 is 0. The maximum absolute atomic E-state index is 12.1. The fraction of sp³-hybridized carbons (Fsp3) is 0.125.